The zero-order chi connectivity index (χ0) is 12.9. The Bertz CT molecular complexity index is 350. The molecule has 4 heteroatoms. The van der Waals surface area contributed by atoms with Crippen LogP contribution in [0.5, 0.6) is 0 Å². The van der Waals surface area contributed by atoms with Gasteiger partial charge in [0, 0.05) is 18.0 Å². The van der Waals surface area contributed by atoms with Crippen LogP contribution in [0.1, 0.15) is 25.1 Å². The van der Waals surface area contributed by atoms with Crippen molar-refractivity contribution in [3.05, 3.63) is 22.4 Å². The van der Waals surface area contributed by atoms with Crippen molar-refractivity contribution in [2.24, 2.45) is 5.41 Å². The SMILES string of the molecule is CCC(C)(CN(C)CCc1cccs1)C(=O)O. The van der Waals surface area contributed by atoms with E-state index in [0.29, 0.717) is 13.0 Å². The van der Waals surface area contributed by atoms with Crippen molar-refractivity contribution in [1.29, 1.82) is 0 Å². The third-order valence-electron chi connectivity index (χ3n) is 3.24. The minimum absolute atomic E-state index is 0.601. The maximum absolute atomic E-state index is 11.2. The molecule has 1 rings (SSSR count). The van der Waals surface area contributed by atoms with Gasteiger partial charge in [0.25, 0.3) is 0 Å². The van der Waals surface area contributed by atoms with Gasteiger partial charge in [0.1, 0.15) is 0 Å². The molecule has 0 fully saturated rings. The molecular weight excluding hydrogens is 234 g/mol. The zero-order valence-corrected chi connectivity index (χ0v) is 11.6. The highest BCUT2D eigenvalue weighted by molar-refractivity contribution is 7.09. The Hall–Kier alpha value is -0.870. The smallest absolute Gasteiger partial charge is 0.310 e. The molecule has 1 N–H and O–H groups in total. The molecule has 0 aliphatic carbocycles. The summed E-state index contributed by atoms with van der Waals surface area (Å²) in [6.07, 6.45) is 1.65. The van der Waals surface area contributed by atoms with E-state index < -0.39 is 11.4 Å². The number of hydrogen-bond acceptors (Lipinski definition) is 3. The zero-order valence-electron chi connectivity index (χ0n) is 10.8. The summed E-state index contributed by atoms with van der Waals surface area (Å²) >= 11 is 1.75. The predicted octanol–water partition coefficient (Wildman–Crippen LogP) is 2.72. The number of thiophene rings is 1. The standard InChI is InChI=1S/C13H21NO2S/c1-4-13(2,12(15)16)10-14(3)8-7-11-6-5-9-17-11/h5-6,9H,4,7-8,10H2,1-3H3,(H,15,16). The normalized spacial score (nSPS) is 14.8. The fourth-order valence-corrected chi connectivity index (χ4v) is 2.46. The van der Waals surface area contributed by atoms with Gasteiger partial charge < -0.3 is 10.0 Å². The Morgan fingerprint density at radius 2 is 2.29 bits per heavy atom. The van der Waals surface area contributed by atoms with Crippen LogP contribution in [-0.4, -0.2) is 36.1 Å². The van der Waals surface area contributed by atoms with E-state index in [2.05, 4.69) is 16.3 Å². The molecule has 0 amide bonds. The molecule has 1 aromatic heterocycles. The lowest BCUT2D eigenvalue weighted by atomic mass is 9.87. The number of aliphatic carboxylic acids is 1. The van der Waals surface area contributed by atoms with Gasteiger partial charge in [-0.3, -0.25) is 4.79 Å². The molecule has 96 valence electrons. The van der Waals surface area contributed by atoms with E-state index in [0.717, 1.165) is 13.0 Å². The molecule has 1 atom stereocenters. The topological polar surface area (TPSA) is 40.5 Å². The van der Waals surface area contributed by atoms with Crippen molar-refractivity contribution in [1.82, 2.24) is 4.90 Å². The fourth-order valence-electron chi connectivity index (χ4n) is 1.76. The minimum Gasteiger partial charge on any atom is -0.481 e. The molecule has 0 aliphatic rings. The quantitative estimate of drug-likeness (QED) is 0.814. The van der Waals surface area contributed by atoms with E-state index in [-0.39, 0.29) is 0 Å². The number of rotatable bonds is 7. The van der Waals surface area contributed by atoms with Crippen LogP contribution in [-0.2, 0) is 11.2 Å². The maximum atomic E-state index is 11.2. The third-order valence-corrected chi connectivity index (χ3v) is 4.17. The van der Waals surface area contributed by atoms with Crippen LogP contribution < -0.4 is 0 Å². The first-order valence-corrected chi connectivity index (χ1v) is 6.80. The Kier molecular flexibility index (Phi) is 5.15. The summed E-state index contributed by atoms with van der Waals surface area (Å²) in [4.78, 5) is 14.7. The highest BCUT2D eigenvalue weighted by Gasteiger charge is 2.32. The van der Waals surface area contributed by atoms with Crippen LogP contribution in [0.25, 0.3) is 0 Å². The van der Waals surface area contributed by atoms with Gasteiger partial charge in [-0.2, -0.15) is 0 Å². The first-order valence-electron chi connectivity index (χ1n) is 5.92. The molecule has 0 aliphatic heterocycles. The lowest BCUT2D eigenvalue weighted by Gasteiger charge is -2.28. The molecule has 0 aromatic carbocycles. The number of carboxylic acids is 1. The van der Waals surface area contributed by atoms with E-state index >= 15 is 0 Å². The number of likely N-dealkylation sites (N-methyl/N-ethyl adjacent to an activating group) is 1. The van der Waals surface area contributed by atoms with Gasteiger partial charge in [0.05, 0.1) is 5.41 Å². The van der Waals surface area contributed by atoms with Gasteiger partial charge in [-0.15, -0.1) is 11.3 Å². The van der Waals surface area contributed by atoms with Gasteiger partial charge in [0.2, 0.25) is 0 Å². The summed E-state index contributed by atoms with van der Waals surface area (Å²) in [6, 6.07) is 4.17. The largest absolute Gasteiger partial charge is 0.481 e. The lowest BCUT2D eigenvalue weighted by Crippen LogP contribution is -2.39. The number of carboxylic acid groups (broad SMARTS) is 1. The maximum Gasteiger partial charge on any atom is 0.310 e. The van der Waals surface area contributed by atoms with Gasteiger partial charge in [-0.05, 0) is 38.3 Å². The number of hydrogen-bond donors (Lipinski definition) is 1. The van der Waals surface area contributed by atoms with Crippen LogP contribution in [0.15, 0.2) is 17.5 Å². The summed E-state index contributed by atoms with van der Waals surface area (Å²) < 4.78 is 0. The molecule has 3 nitrogen and oxygen atoms in total. The van der Waals surface area contributed by atoms with Crippen LogP contribution in [0, 0.1) is 5.41 Å². The van der Waals surface area contributed by atoms with Crippen molar-refractivity contribution in [3.8, 4) is 0 Å². The third kappa shape index (κ3) is 4.13. The molecular formula is C13H21NO2S. The molecule has 0 spiro atoms. The molecule has 17 heavy (non-hydrogen) atoms. The van der Waals surface area contributed by atoms with E-state index in [9.17, 15) is 9.90 Å². The van der Waals surface area contributed by atoms with E-state index in [1.807, 2.05) is 27.0 Å². The fraction of sp³-hybridized carbons (Fsp3) is 0.615. The second-order valence-electron chi connectivity index (χ2n) is 4.79. The van der Waals surface area contributed by atoms with E-state index in [1.54, 1.807) is 11.3 Å². The minimum atomic E-state index is -0.706. The Labute approximate surface area is 107 Å². The Morgan fingerprint density at radius 1 is 1.59 bits per heavy atom. The molecule has 0 saturated heterocycles. The molecule has 0 saturated carbocycles. The first kappa shape index (κ1) is 14.2. The van der Waals surface area contributed by atoms with Crippen LogP contribution >= 0.6 is 11.3 Å². The van der Waals surface area contributed by atoms with E-state index in [4.69, 9.17) is 0 Å². The Morgan fingerprint density at radius 3 is 2.76 bits per heavy atom. The average Bonchev–Trinajstić information content (AvgIpc) is 2.78. The number of nitrogens with zero attached hydrogens (tertiary/aromatic N) is 1. The van der Waals surface area contributed by atoms with Gasteiger partial charge in [-0.1, -0.05) is 13.0 Å². The van der Waals surface area contributed by atoms with Crippen molar-refractivity contribution in [2.75, 3.05) is 20.1 Å². The van der Waals surface area contributed by atoms with Crippen molar-refractivity contribution in [3.63, 3.8) is 0 Å². The second kappa shape index (κ2) is 6.17. The number of carbonyl (C=O) groups is 1. The van der Waals surface area contributed by atoms with Crippen LogP contribution in [0.2, 0.25) is 0 Å². The molecule has 1 heterocycles. The van der Waals surface area contributed by atoms with Gasteiger partial charge in [0.15, 0.2) is 0 Å². The highest BCUT2D eigenvalue weighted by Crippen LogP contribution is 2.22. The van der Waals surface area contributed by atoms with E-state index in [1.165, 1.54) is 4.88 Å². The van der Waals surface area contributed by atoms with Gasteiger partial charge >= 0.3 is 5.97 Å². The van der Waals surface area contributed by atoms with Crippen molar-refractivity contribution in [2.45, 2.75) is 26.7 Å². The van der Waals surface area contributed by atoms with Gasteiger partial charge in [-0.25, -0.2) is 0 Å². The van der Waals surface area contributed by atoms with Crippen molar-refractivity contribution >= 4 is 17.3 Å². The summed E-state index contributed by atoms with van der Waals surface area (Å²) in [5.74, 6) is -0.706. The highest BCUT2D eigenvalue weighted by atomic mass is 32.1. The monoisotopic (exact) mass is 255 g/mol. The predicted molar refractivity (Wildman–Crippen MR) is 71.6 cm³/mol. The Balaban J connectivity index is 2.43. The summed E-state index contributed by atoms with van der Waals surface area (Å²) in [5, 5.41) is 11.3. The summed E-state index contributed by atoms with van der Waals surface area (Å²) in [7, 11) is 1.99. The lowest BCUT2D eigenvalue weighted by molar-refractivity contribution is -0.149. The molecule has 0 bridgehead atoms. The molecule has 1 aromatic rings. The summed E-state index contributed by atoms with van der Waals surface area (Å²) in [5.41, 5.74) is -0.635. The molecule has 0 radical (unpaired) electrons. The average molecular weight is 255 g/mol. The molecule has 1 unspecified atom stereocenters. The van der Waals surface area contributed by atoms with Crippen LogP contribution in [0.3, 0.4) is 0 Å². The van der Waals surface area contributed by atoms with Crippen LogP contribution in [0.4, 0.5) is 0 Å². The second-order valence-corrected chi connectivity index (χ2v) is 5.82. The first-order chi connectivity index (χ1) is 7.98. The van der Waals surface area contributed by atoms with Crippen molar-refractivity contribution < 1.29 is 9.90 Å². The summed E-state index contributed by atoms with van der Waals surface area (Å²) in [6.45, 7) is 5.26.